The van der Waals surface area contributed by atoms with Crippen molar-refractivity contribution in [3.05, 3.63) is 17.6 Å². The highest BCUT2D eigenvalue weighted by molar-refractivity contribution is 5.37. The lowest BCUT2D eigenvalue weighted by Gasteiger charge is -2.02. The van der Waals surface area contributed by atoms with Crippen LogP contribution in [0.4, 0.5) is 5.82 Å². The molecule has 0 saturated heterocycles. The summed E-state index contributed by atoms with van der Waals surface area (Å²) >= 11 is 0. The van der Waals surface area contributed by atoms with Gasteiger partial charge in [-0.3, -0.25) is 0 Å². The van der Waals surface area contributed by atoms with Crippen LogP contribution in [-0.2, 0) is 6.54 Å². The lowest BCUT2D eigenvalue weighted by Crippen LogP contribution is -2.09. The van der Waals surface area contributed by atoms with Crippen molar-refractivity contribution in [2.75, 3.05) is 12.8 Å². The zero-order valence-corrected chi connectivity index (χ0v) is 6.76. The molecule has 0 bridgehead atoms. The van der Waals surface area contributed by atoms with Gasteiger partial charge >= 0.3 is 0 Å². The number of nitrogens with zero attached hydrogens (tertiary/aromatic N) is 2. The molecule has 3 N–H and O–H groups in total. The second-order valence-corrected chi connectivity index (χ2v) is 2.36. The second kappa shape index (κ2) is 3.30. The first-order chi connectivity index (χ1) is 5.24. The summed E-state index contributed by atoms with van der Waals surface area (Å²) in [5, 5.41) is 2.98. The van der Waals surface area contributed by atoms with Crippen molar-refractivity contribution in [3.8, 4) is 0 Å². The number of aromatic nitrogens is 2. The number of hydrogen-bond donors (Lipinski definition) is 2. The van der Waals surface area contributed by atoms with Crippen LogP contribution in [0.5, 0.6) is 0 Å². The molecule has 0 aliphatic carbocycles. The number of rotatable bonds is 2. The molecule has 1 rings (SSSR count). The van der Waals surface area contributed by atoms with Crippen LogP contribution in [0.1, 0.15) is 11.4 Å². The van der Waals surface area contributed by atoms with Gasteiger partial charge in [0.2, 0.25) is 0 Å². The van der Waals surface area contributed by atoms with Crippen LogP contribution in [-0.4, -0.2) is 17.0 Å². The van der Waals surface area contributed by atoms with E-state index in [1.807, 2.05) is 14.0 Å². The molecule has 11 heavy (non-hydrogen) atoms. The van der Waals surface area contributed by atoms with Gasteiger partial charge in [0.1, 0.15) is 11.6 Å². The van der Waals surface area contributed by atoms with Gasteiger partial charge in [0.25, 0.3) is 0 Å². The number of hydrogen-bond acceptors (Lipinski definition) is 4. The van der Waals surface area contributed by atoms with Gasteiger partial charge in [0.15, 0.2) is 0 Å². The van der Waals surface area contributed by atoms with Gasteiger partial charge in [-0.05, 0) is 14.0 Å². The van der Waals surface area contributed by atoms with Crippen molar-refractivity contribution in [3.63, 3.8) is 0 Å². The van der Waals surface area contributed by atoms with Crippen LogP contribution >= 0.6 is 0 Å². The van der Waals surface area contributed by atoms with E-state index in [0.717, 1.165) is 5.56 Å². The van der Waals surface area contributed by atoms with Crippen molar-refractivity contribution in [2.45, 2.75) is 13.5 Å². The molecule has 0 unspecified atom stereocenters. The molecule has 0 aliphatic rings. The number of anilines is 1. The van der Waals surface area contributed by atoms with Crippen molar-refractivity contribution >= 4 is 5.82 Å². The largest absolute Gasteiger partial charge is 0.383 e. The van der Waals surface area contributed by atoms with Gasteiger partial charge in [0.05, 0.1) is 0 Å². The molecule has 0 aromatic carbocycles. The van der Waals surface area contributed by atoms with Crippen LogP contribution in [0, 0.1) is 6.92 Å². The van der Waals surface area contributed by atoms with E-state index in [4.69, 9.17) is 5.73 Å². The molecule has 0 atom stereocenters. The zero-order valence-electron chi connectivity index (χ0n) is 6.76. The van der Waals surface area contributed by atoms with E-state index < -0.39 is 0 Å². The standard InChI is InChI=1S/C7H12N4/c1-5-10-4-6(3-9-2)7(8)11-5/h4,9H,3H2,1-2H3,(H2,8,10,11). The molecule has 0 fully saturated rings. The minimum atomic E-state index is 0.562. The van der Waals surface area contributed by atoms with E-state index in [1.54, 1.807) is 6.20 Å². The highest BCUT2D eigenvalue weighted by atomic mass is 14.9. The average molecular weight is 152 g/mol. The molecule has 0 amide bonds. The number of nitrogens with two attached hydrogens (primary N) is 1. The minimum absolute atomic E-state index is 0.562. The van der Waals surface area contributed by atoms with Crippen molar-refractivity contribution < 1.29 is 0 Å². The topological polar surface area (TPSA) is 63.8 Å². The fourth-order valence-corrected chi connectivity index (χ4v) is 0.839. The van der Waals surface area contributed by atoms with Crippen LogP contribution in [0.2, 0.25) is 0 Å². The molecular formula is C7H12N4. The highest BCUT2D eigenvalue weighted by Crippen LogP contribution is 2.05. The molecule has 0 radical (unpaired) electrons. The van der Waals surface area contributed by atoms with E-state index in [2.05, 4.69) is 15.3 Å². The third kappa shape index (κ3) is 1.88. The minimum Gasteiger partial charge on any atom is -0.383 e. The Morgan fingerprint density at radius 3 is 2.91 bits per heavy atom. The van der Waals surface area contributed by atoms with E-state index in [9.17, 15) is 0 Å². The zero-order chi connectivity index (χ0) is 8.27. The fraction of sp³-hybridized carbons (Fsp3) is 0.429. The summed E-state index contributed by atoms with van der Waals surface area (Å²) in [6, 6.07) is 0. The first-order valence-electron chi connectivity index (χ1n) is 3.46. The van der Waals surface area contributed by atoms with Gasteiger partial charge in [-0.25, -0.2) is 9.97 Å². The van der Waals surface area contributed by atoms with E-state index in [-0.39, 0.29) is 0 Å². The Balaban J connectivity index is 2.90. The molecule has 4 heteroatoms. The van der Waals surface area contributed by atoms with E-state index in [0.29, 0.717) is 18.2 Å². The van der Waals surface area contributed by atoms with Gasteiger partial charge < -0.3 is 11.1 Å². The summed E-state index contributed by atoms with van der Waals surface area (Å²) in [6.45, 7) is 2.53. The number of nitrogen functional groups attached to an aromatic ring is 1. The summed E-state index contributed by atoms with van der Waals surface area (Å²) < 4.78 is 0. The molecule has 60 valence electrons. The van der Waals surface area contributed by atoms with Crippen molar-refractivity contribution in [2.24, 2.45) is 0 Å². The van der Waals surface area contributed by atoms with Gasteiger partial charge in [-0.2, -0.15) is 0 Å². The van der Waals surface area contributed by atoms with Crippen LogP contribution < -0.4 is 11.1 Å². The summed E-state index contributed by atoms with van der Waals surface area (Å²) in [4.78, 5) is 8.05. The Bertz CT molecular complexity index is 246. The van der Waals surface area contributed by atoms with Crippen LogP contribution in [0.3, 0.4) is 0 Å². The highest BCUT2D eigenvalue weighted by Gasteiger charge is 1.98. The molecule has 0 aliphatic heterocycles. The molecular weight excluding hydrogens is 140 g/mol. The van der Waals surface area contributed by atoms with Gasteiger partial charge in [-0.1, -0.05) is 0 Å². The number of aryl methyl sites for hydroxylation is 1. The third-order valence-electron chi connectivity index (χ3n) is 1.39. The maximum atomic E-state index is 5.62. The second-order valence-electron chi connectivity index (χ2n) is 2.36. The first-order valence-corrected chi connectivity index (χ1v) is 3.46. The fourth-order valence-electron chi connectivity index (χ4n) is 0.839. The summed E-state index contributed by atoms with van der Waals surface area (Å²) in [6.07, 6.45) is 1.74. The van der Waals surface area contributed by atoms with Crippen molar-refractivity contribution in [1.82, 2.24) is 15.3 Å². The summed E-state index contributed by atoms with van der Waals surface area (Å²) in [5.41, 5.74) is 6.56. The SMILES string of the molecule is CNCc1cnc(C)nc1N. The van der Waals surface area contributed by atoms with E-state index >= 15 is 0 Å². The average Bonchev–Trinajstić information content (AvgIpc) is 1.95. The molecule has 1 aromatic heterocycles. The monoisotopic (exact) mass is 152 g/mol. The van der Waals surface area contributed by atoms with Crippen LogP contribution in [0.25, 0.3) is 0 Å². The Morgan fingerprint density at radius 2 is 2.36 bits per heavy atom. The Morgan fingerprint density at radius 1 is 1.64 bits per heavy atom. The van der Waals surface area contributed by atoms with E-state index in [1.165, 1.54) is 0 Å². The lowest BCUT2D eigenvalue weighted by molar-refractivity contribution is 0.806. The Kier molecular flexibility index (Phi) is 2.38. The normalized spacial score (nSPS) is 10.0. The summed E-state index contributed by atoms with van der Waals surface area (Å²) in [5.74, 6) is 1.27. The smallest absolute Gasteiger partial charge is 0.131 e. The predicted molar refractivity (Wildman–Crippen MR) is 43.9 cm³/mol. The molecule has 1 heterocycles. The Labute approximate surface area is 65.9 Å². The summed E-state index contributed by atoms with van der Waals surface area (Å²) in [7, 11) is 1.86. The maximum Gasteiger partial charge on any atom is 0.131 e. The van der Waals surface area contributed by atoms with Crippen molar-refractivity contribution in [1.29, 1.82) is 0 Å². The molecule has 4 nitrogen and oxygen atoms in total. The van der Waals surface area contributed by atoms with Gasteiger partial charge in [0, 0.05) is 18.3 Å². The molecule has 0 spiro atoms. The van der Waals surface area contributed by atoms with Crippen LogP contribution in [0.15, 0.2) is 6.20 Å². The predicted octanol–water partition coefficient (Wildman–Crippen LogP) is 0.0866. The molecule has 0 saturated carbocycles. The Hall–Kier alpha value is -1.16. The lowest BCUT2D eigenvalue weighted by atomic mass is 10.3. The molecule has 1 aromatic rings. The van der Waals surface area contributed by atoms with Gasteiger partial charge in [-0.15, -0.1) is 0 Å². The first kappa shape index (κ1) is 7.94. The number of nitrogens with one attached hydrogen (secondary N) is 1. The maximum absolute atomic E-state index is 5.62. The third-order valence-corrected chi connectivity index (χ3v) is 1.39. The quantitative estimate of drug-likeness (QED) is 0.630.